The Morgan fingerprint density at radius 2 is 1.86 bits per heavy atom. The summed E-state index contributed by atoms with van der Waals surface area (Å²) in [6.07, 6.45) is 10.4. The molecular formula is C24H36O5. The Hall–Kier alpha value is -1.91. The third-order valence-electron chi connectivity index (χ3n) is 6.05. The number of carbonyl (C=O) groups excluding carboxylic acids is 3. The van der Waals surface area contributed by atoms with Crippen molar-refractivity contribution in [3.05, 3.63) is 23.8 Å². The van der Waals surface area contributed by atoms with Gasteiger partial charge in [-0.3, -0.25) is 14.4 Å². The minimum Gasteiger partial charge on any atom is -0.462 e. The predicted octanol–water partition coefficient (Wildman–Crippen LogP) is 4.79. The molecule has 0 aromatic rings. The molecular weight excluding hydrogens is 368 g/mol. The van der Waals surface area contributed by atoms with Crippen LogP contribution in [0.2, 0.25) is 0 Å². The lowest BCUT2D eigenvalue weighted by atomic mass is 9.90. The van der Waals surface area contributed by atoms with Crippen molar-refractivity contribution in [3.8, 4) is 0 Å². The average molecular weight is 405 g/mol. The molecule has 29 heavy (non-hydrogen) atoms. The number of hydrogen-bond donors (Lipinski definition) is 0. The van der Waals surface area contributed by atoms with E-state index >= 15 is 0 Å². The zero-order chi connectivity index (χ0) is 21.6. The molecule has 0 radical (unpaired) electrons. The van der Waals surface area contributed by atoms with E-state index in [9.17, 15) is 14.4 Å². The summed E-state index contributed by atoms with van der Waals surface area (Å²) in [4.78, 5) is 35.0. The van der Waals surface area contributed by atoms with E-state index in [-0.39, 0.29) is 41.9 Å². The molecule has 0 aliphatic heterocycles. The monoisotopic (exact) mass is 404 g/mol. The van der Waals surface area contributed by atoms with Gasteiger partial charge in [-0.2, -0.15) is 0 Å². The second-order valence-electron chi connectivity index (χ2n) is 9.06. The number of carbonyl (C=O) groups is 3. The first-order chi connectivity index (χ1) is 13.7. The van der Waals surface area contributed by atoms with Gasteiger partial charge in [0.15, 0.2) is 0 Å². The summed E-state index contributed by atoms with van der Waals surface area (Å²) in [5, 5.41) is 0. The fraction of sp³-hybridized carbons (Fsp3) is 0.708. The highest BCUT2D eigenvalue weighted by atomic mass is 16.5. The summed E-state index contributed by atoms with van der Waals surface area (Å²) in [6.45, 7) is 9.22. The second kappa shape index (κ2) is 10.7. The summed E-state index contributed by atoms with van der Waals surface area (Å²) >= 11 is 0. The molecule has 5 nitrogen and oxygen atoms in total. The molecule has 2 fully saturated rings. The highest BCUT2D eigenvalue weighted by Gasteiger charge is 2.48. The molecule has 162 valence electrons. The summed E-state index contributed by atoms with van der Waals surface area (Å²) in [5.74, 6) is 0.636. The molecule has 0 amide bonds. The van der Waals surface area contributed by atoms with Crippen LogP contribution in [0.5, 0.6) is 0 Å². The molecule has 2 aliphatic rings. The Balaban J connectivity index is 2.06. The number of esters is 2. The van der Waals surface area contributed by atoms with Crippen LogP contribution in [-0.4, -0.2) is 29.9 Å². The lowest BCUT2D eigenvalue weighted by Crippen LogP contribution is -2.24. The number of allylic oxidation sites excluding steroid dienone is 2. The first-order valence-corrected chi connectivity index (χ1v) is 10.8. The van der Waals surface area contributed by atoms with Crippen molar-refractivity contribution < 1.29 is 23.9 Å². The minimum absolute atomic E-state index is 0.00869. The van der Waals surface area contributed by atoms with Gasteiger partial charge in [0.1, 0.15) is 18.0 Å². The molecule has 0 aromatic heterocycles. The van der Waals surface area contributed by atoms with Crippen molar-refractivity contribution in [2.24, 2.45) is 23.7 Å². The van der Waals surface area contributed by atoms with E-state index in [2.05, 4.69) is 26.8 Å². The Labute approximate surface area is 174 Å². The Morgan fingerprint density at radius 1 is 1.14 bits per heavy atom. The highest BCUT2D eigenvalue weighted by molar-refractivity contribution is 5.81. The number of Topliss-reactive ketones (excluding diaryl/α,β-unsaturated/α-hetero) is 1. The fourth-order valence-corrected chi connectivity index (χ4v) is 4.81. The van der Waals surface area contributed by atoms with Crippen molar-refractivity contribution in [1.82, 2.24) is 0 Å². The summed E-state index contributed by atoms with van der Waals surface area (Å²) in [6, 6.07) is 0. The molecule has 0 heterocycles. The predicted molar refractivity (Wildman–Crippen MR) is 112 cm³/mol. The quantitative estimate of drug-likeness (QED) is 0.408. The minimum atomic E-state index is -0.302. The van der Waals surface area contributed by atoms with E-state index in [1.165, 1.54) is 19.4 Å². The zero-order valence-corrected chi connectivity index (χ0v) is 18.5. The van der Waals surface area contributed by atoms with Gasteiger partial charge in [-0.1, -0.05) is 24.6 Å². The summed E-state index contributed by atoms with van der Waals surface area (Å²) in [7, 11) is 0. The van der Waals surface area contributed by atoms with Crippen LogP contribution >= 0.6 is 0 Å². The van der Waals surface area contributed by atoms with Crippen LogP contribution in [-0.2, 0) is 23.9 Å². The molecule has 2 saturated carbocycles. The third kappa shape index (κ3) is 7.45. The Kier molecular flexibility index (Phi) is 8.66. The van der Waals surface area contributed by atoms with Gasteiger partial charge in [0, 0.05) is 32.6 Å². The molecule has 2 rings (SSSR count). The van der Waals surface area contributed by atoms with E-state index in [1.54, 1.807) is 0 Å². The van der Waals surface area contributed by atoms with Gasteiger partial charge in [0.25, 0.3) is 0 Å². The topological polar surface area (TPSA) is 69.7 Å². The molecule has 0 bridgehead atoms. The molecule has 5 heteroatoms. The highest BCUT2D eigenvalue weighted by Crippen LogP contribution is 2.48. The molecule has 6 atom stereocenters. The number of ether oxygens (including phenoxy) is 2. The lowest BCUT2D eigenvalue weighted by Gasteiger charge is -2.22. The van der Waals surface area contributed by atoms with Crippen molar-refractivity contribution in [1.29, 1.82) is 0 Å². The van der Waals surface area contributed by atoms with Gasteiger partial charge >= 0.3 is 11.9 Å². The van der Waals surface area contributed by atoms with E-state index < -0.39 is 0 Å². The van der Waals surface area contributed by atoms with Gasteiger partial charge in [-0.15, -0.1) is 0 Å². The van der Waals surface area contributed by atoms with Gasteiger partial charge in [0.2, 0.25) is 0 Å². The van der Waals surface area contributed by atoms with Crippen molar-refractivity contribution in [2.75, 3.05) is 0 Å². The Bertz CT molecular complexity index is 658. The number of ketones is 1. The normalized spacial score (nSPS) is 28.1. The first kappa shape index (κ1) is 23.4. The second-order valence-corrected chi connectivity index (χ2v) is 9.06. The molecule has 0 aromatic carbocycles. The first-order valence-electron chi connectivity index (χ1n) is 10.8. The van der Waals surface area contributed by atoms with E-state index in [0.717, 1.165) is 25.7 Å². The van der Waals surface area contributed by atoms with Crippen LogP contribution in [0.3, 0.4) is 0 Å². The van der Waals surface area contributed by atoms with Gasteiger partial charge in [0.05, 0.1) is 0 Å². The smallest absolute Gasteiger partial charge is 0.303 e. The molecule has 2 aliphatic carbocycles. The maximum Gasteiger partial charge on any atom is 0.303 e. The summed E-state index contributed by atoms with van der Waals surface area (Å²) < 4.78 is 11.1. The van der Waals surface area contributed by atoms with Crippen LogP contribution in [0, 0.1) is 23.7 Å². The largest absolute Gasteiger partial charge is 0.462 e. The number of fused-ring (bicyclic) bond motifs is 1. The molecule has 0 saturated heterocycles. The zero-order valence-electron chi connectivity index (χ0n) is 18.5. The van der Waals surface area contributed by atoms with E-state index in [0.29, 0.717) is 24.5 Å². The molecule has 0 spiro atoms. The van der Waals surface area contributed by atoms with Crippen molar-refractivity contribution in [2.45, 2.75) is 85.4 Å². The summed E-state index contributed by atoms with van der Waals surface area (Å²) in [5.41, 5.74) is 1.31. The number of hydrogen-bond acceptors (Lipinski definition) is 5. The van der Waals surface area contributed by atoms with Gasteiger partial charge < -0.3 is 9.47 Å². The van der Waals surface area contributed by atoms with Gasteiger partial charge in [-0.25, -0.2) is 0 Å². The van der Waals surface area contributed by atoms with Crippen molar-refractivity contribution in [3.63, 3.8) is 0 Å². The van der Waals surface area contributed by atoms with E-state index in [1.807, 2.05) is 12.2 Å². The van der Waals surface area contributed by atoms with Crippen molar-refractivity contribution >= 4 is 17.7 Å². The van der Waals surface area contributed by atoms with E-state index in [4.69, 9.17) is 9.47 Å². The SMILES string of the molecule is CC(=O)OC(/C=C/C1C2CC(=O)CC2C[C@H]1OC(C)=O)CC(C)CCC=C(C)C. The number of rotatable bonds is 9. The van der Waals surface area contributed by atoms with Gasteiger partial charge in [-0.05, 0) is 63.4 Å². The maximum atomic E-state index is 11.9. The molecule has 0 N–H and O–H groups in total. The van der Waals surface area contributed by atoms with Crippen LogP contribution < -0.4 is 0 Å². The van der Waals surface area contributed by atoms with Crippen LogP contribution in [0.25, 0.3) is 0 Å². The molecule has 5 unspecified atom stereocenters. The average Bonchev–Trinajstić information content (AvgIpc) is 3.07. The Morgan fingerprint density at radius 3 is 2.48 bits per heavy atom. The third-order valence-corrected chi connectivity index (χ3v) is 6.05. The maximum absolute atomic E-state index is 11.9. The van der Waals surface area contributed by atoms with Crippen LogP contribution in [0.15, 0.2) is 23.8 Å². The van der Waals surface area contributed by atoms with Crippen LogP contribution in [0.4, 0.5) is 0 Å². The fourth-order valence-electron chi connectivity index (χ4n) is 4.81. The van der Waals surface area contributed by atoms with Crippen LogP contribution in [0.1, 0.15) is 73.1 Å². The standard InChI is InChI=1S/C24H36O5/c1-15(2)7-6-8-16(3)11-21(28-17(4)25)9-10-22-23-14-20(27)12-19(23)13-24(22)29-18(5)26/h7,9-10,16,19,21-24H,6,8,11-14H2,1-5H3/b10-9+/t16?,19?,21?,22?,23?,24-/m1/s1. The lowest BCUT2D eigenvalue weighted by molar-refractivity contribution is -0.147.